The molecule has 0 aliphatic rings. The van der Waals surface area contributed by atoms with Crippen LogP contribution in [0.1, 0.15) is 43.9 Å². The zero-order chi connectivity index (χ0) is 13.8. The van der Waals surface area contributed by atoms with Crippen LogP contribution in [-0.4, -0.2) is 16.5 Å². The molecule has 19 heavy (non-hydrogen) atoms. The van der Waals surface area contributed by atoms with Gasteiger partial charge in [0.15, 0.2) is 0 Å². The highest BCUT2D eigenvalue weighted by Crippen LogP contribution is 2.32. The van der Waals surface area contributed by atoms with E-state index in [1.807, 2.05) is 6.07 Å². The Morgan fingerprint density at radius 1 is 1.37 bits per heavy atom. The highest BCUT2D eigenvalue weighted by molar-refractivity contribution is 14.1. The molecule has 0 bridgehead atoms. The maximum absolute atomic E-state index is 5.36. The van der Waals surface area contributed by atoms with Gasteiger partial charge in [0.25, 0.3) is 0 Å². The van der Waals surface area contributed by atoms with Gasteiger partial charge in [0.05, 0.1) is 7.11 Å². The normalized spacial score (nSPS) is 12.8. The fourth-order valence-electron chi connectivity index (χ4n) is 2.74. The van der Waals surface area contributed by atoms with Crippen LogP contribution >= 0.6 is 22.6 Å². The van der Waals surface area contributed by atoms with Crippen LogP contribution in [0.25, 0.3) is 10.9 Å². The van der Waals surface area contributed by atoms with Crippen LogP contribution < -0.4 is 4.74 Å². The van der Waals surface area contributed by atoms with Crippen molar-refractivity contribution < 1.29 is 4.74 Å². The molecule has 0 spiro atoms. The number of nitrogens with one attached hydrogen (secondary N) is 1. The molecule has 0 fully saturated rings. The summed E-state index contributed by atoms with van der Waals surface area (Å²) in [6.45, 7) is 4.57. The van der Waals surface area contributed by atoms with Gasteiger partial charge >= 0.3 is 0 Å². The van der Waals surface area contributed by atoms with Crippen molar-refractivity contribution in [3.05, 3.63) is 29.5 Å². The Morgan fingerprint density at radius 3 is 2.79 bits per heavy atom. The van der Waals surface area contributed by atoms with Crippen molar-refractivity contribution in [3.63, 3.8) is 0 Å². The molecule has 0 radical (unpaired) electrons. The summed E-state index contributed by atoms with van der Waals surface area (Å²) in [6.07, 6.45) is 3.58. The predicted molar refractivity (Wildman–Crippen MR) is 90.8 cm³/mol. The van der Waals surface area contributed by atoms with Crippen LogP contribution in [0, 0.1) is 0 Å². The summed E-state index contributed by atoms with van der Waals surface area (Å²) in [4.78, 5) is 3.63. The van der Waals surface area contributed by atoms with Gasteiger partial charge in [-0.15, -0.1) is 0 Å². The predicted octanol–water partition coefficient (Wildman–Crippen LogP) is 5.06. The van der Waals surface area contributed by atoms with Crippen molar-refractivity contribution in [2.24, 2.45) is 0 Å². The molecular formula is C16H22INO. The minimum absolute atomic E-state index is 0.598. The Balaban J connectivity index is 2.53. The lowest BCUT2D eigenvalue weighted by Gasteiger charge is -2.11. The minimum atomic E-state index is 0.598. The van der Waals surface area contributed by atoms with Gasteiger partial charge in [0.1, 0.15) is 5.75 Å². The number of hydrogen-bond acceptors (Lipinski definition) is 1. The topological polar surface area (TPSA) is 25.0 Å². The fourth-order valence-corrected chi connectivity index (χ4v) is 3.28. The lowest BCUT2D eigenvalue weighted by Crippen LogP contribution is -1.99. The fraction of sp³-hybridized carbons (Fsp3) is 0.500. The summed E-state index contributed by atoms with van der Waals surface area (Å²) in [5, 5.41) is 1.33. The zero-order valence-corrected chi connectivity index (χ0v) is 14.1. The molecule has 0 aliphatic carbocycles. The number of methoxy groups -OCH3 is 1. The summed E-state index contributed by atoms with van der Waals surface area (Å²) >= 11 is 2.46. The Hall–Kier alpha value is -0.710. The van der Waals surface area contributed by atoms with Crippen molar-refractivity contribution in [3.8, 4) is 5.75 Å². The molecule has 0 unspecified atom stereocenters. The highest BCUT2D eigenvalue weighted by atomic mass is 127. The van der Waals surface area contributed by atoms with Crippen LogP contribution in [0.3, 0.4) is 0 Å². The first-order valence-electron chi connectivity index (χ1n) is 6.95. The Bertz CT molecular complexity index is 547. The van der Waals surface area contributed by atoms with Gasteiger partial charge in [-0.25, -0.2) is 0 Å². The third kappa shape index (κ3) is 3.07. The van der Waals surface area contributed by atoms with Gasteiger partial charge in [0, 0.05) is 21.0 Å². The maximum atomic E-state index is 5.36. The molecule has 3 heteroatoms. The van der Waals surface area contributed by atoms with E-state index < -0.39 is 0 Å². The van der Waals surface area contributed by atoms with Gasteiger partial charge in [0.2, 0.25) is 0 Å². The standard InChI is InChI=1S/C16H22INO/c1-4-5-11(2)16-13(8-9-17)14-10-12(19-3)6-7-15(14)18-16/h6-7,10-11,18H,4-5,8-9H2,1-3H3/t11-/m0/s1. The second-order valence-electron chi connectivity index (χ2n) is 5.06. The van der Waals surface area contributed by atoms with E-state index in [2.05, 4.69) is 53.6 Å². The van der Waals surface area contributed by atoms with Gasteiger partial charge in [-0.1, -0.05) is 42.9 Å². The second-order valence-corrected chi connectivity index (χ2v) is 6.14. The number of halogens is 1. The average Bonchev–Trinajstić information content (AvgIpc) is 2.78. The zero-order valence-electron chi connectivity index (χ0n) is 11.9. The van der Waals surface area contributed by atoms with E-state index in [-0.39, 0.29) is 0 Å². The van der Waals surface area contributed by atoms with Crippen molar-refractivity contribution >= 4 is 33.5 Å². The van der Waals surface area contributed by atoms with Crippen molar-refractivity contribution in [1.82, 2.24) is 4.98 Å². The lowest BCUT2D eigenvalue weighted by molar-refractivity contribution is 0.415. The Morgan fingerprint density at radius 2 is 2.16 bits per heavy atom. The van der Waals surface area contributed by atoms with E-state index in [9.17, 15) is 0 Å². The Labute approximate surface area is 129 Å². The third-order valence-electron chi connectivity index (χ3n) is 3.71. The van der Waals surface area contributed by atoms with E-state index >= 15 is 0 Å². The number of alkyl halides is 1. The summed E-state index contributed by atoms with van der Waals surface area (Å²) < 4.78 is 6.50. The molecule has 2 rings (SSSR count). The first kappa shape index (κ1) is 14.7. The molecule has 1 heterocycles. The molecular weight excluding hydrogens is 349 g/mol. The third-order valence-corrected chi connectivity index (χ3v) is 4.24. The molecule has 1 aromatic carbocycles. The smallest absolute Gasteiger partial charge is 0.119 e. The quantitative estimate of drug-likeness (QED) is 0.557. The monoisotopic (exact) mass is 371 g/mol. The number of H-pyrrole nitrogens is 1. The van der Waals surface area contributed by atoms with Crippen LogP contribution in [-0.2, 0) is 6.42 Å². The summed E-state index contributed by atoms with van der Waals surface area (Å²) in [6, 6.07) is 6.32. The number of ether oxygens (including phenoxy) is 1. The van der Waals surface area contributed by atoms with E-state index in [1.54, 1.807) is 7.11 Å². The SMILES string of the molecule is CCC[C@H](C)c1[nH]c2ccc(OC)cc2c1CCI. The molecule has 104 valence electrons. The number of aromatic amines is 1. The van der Waals surface area contributed by atoms with Crippen LogP contribution in [0.15, 0.2) is 18.2 Å². The van der Waals surface area contributed by atoms with Gasteiger partial charge in [-0.2, -0.15) is 0 Å². The maximum Gasteiger partial charge on any atom is 0.119 e. The first-order chi connectivity index (χ1) is 9.21. The lowest BCUT2D eigenvalue weighted by atomic mass is 9.96. The number of fused-ring (bicyclic) bond motifs is 1. The first-order valence-corrected chi connectivity index (χ1v) is 8.48. The molecule has 1 aromatic heterocycles. The van der Waals surface area contributed by atoms with Crippen molar-refractivity contribution in [2.75, 3.05) is 11.5 Å². The molecule has 0 saturated carbocycles. The van der Waals surface area contributed by atoms with E-state index in [1.165, 1.54) is 35.0 Å². The van der Waals surface area contributed by atoms with Crippen LogP contribution in [0.5, 0.6) is 5.75 Å². The molecule has 1 atom stereocenters. The number of aryl methyl sites for hydroxylation is 1. The van der Waals surface area contributed by atoms with Gasteiger partial charge < -0.3 is 9.72 Å². The molecule has 2 aromatic rings. The van der Waals surface area contributed by atoms with E-state index in [0.29, 0.717) is 5.92 Å². The van der Waals surface area contributed by atoms with Gasteiger partial charge in [-0.05, 0) is 42.5 Å². The summed E-state index contributed by atoms with van der Waals surface area (Å²) in [5.74, 6) is 1.54. The Kier molecular flexibility index (Phi) is 5.13. The second kappa shape index (κ2) is 6.64. The van der Waals surface area contributed by atoms with E-state index in [4.69, 9.17) is 4.74 Å². The summed E-state index contributed by atoms with van der Waals surface area (Å²) in [5.41, 5.74) is 4.13. The molecule has 2 nitrogen and oxygen atoms in total. The van der Waals surface area contributed by atoms with E-state index in [0.717, 1.165) is 16.6 Å². The minimum Gasteiger partial charge on any atom is -0.497 e. The number of aromatic nitrogens is 1. The molecule has 0 aliphatic heterocycles. The molecule has 0 saturated heterocycles. The van der Waals surface area contributed by atoms with Crippen LogP contribution in [0.4, 0.5) is 0 Å². The largest absolute Gasteiger partial charge is 0.497 e. The average molecular weight is 371 g/mol. The molecule has 1 N–H and O–H groups in total. The molecule has 0 amide bonds. The van der Waals surface area contributed by atoms with Gasteiger partial charge in [-0.3, -0.25) is 0 Å². The number of rotatable bonds is 6. The number of hydrogen-bond donors (Lipinski definition) is 1. The van der Waals surface area contributed by atoms with Crippen molar-refractivity contribution in [2.45, 2.75) is 39.0 Å². The van der Waals surface area contributed by atoms with Crippen molar-refractivity contribution in [1.29, 1.82) is 0 Å². The van der Waals surface area contributed by atoms with Crippen LogP contribution in [0.2, 0.25) is 0 Å². The summed E-state index contributed by atoms with van der Waals surface area (Å²) in [7, 11) is 1.73. The highest BCUT2D eigenvalue weighted by Gasteiger charge is 2.16. The number of benzene rings is 1.